The molecule has 4 heteroatoms. The van der Waals surface area contributed by atoms with Crippen LogP contribution in [-0.4, -0.2) is 60.5 Å². The average molecular weight is 334 g/mol. The lowest BCUT2D eigenvalue weighted by atomic mass is 9.88. The molecular weight excluding hydrogens is 298 g/mol. The van der Waals surface area contributed by atoms with Gasteiger partial charge in [0.2, 0.25) is 5.91 Å². The fraction of sp³-hybridized carbons (Fsp3) is 0.950. The molecule has 0 aromatic rings. The molecule has 4 rings (SSSR count). The van der Waals surface area contributed by atoms with E-state index in [4.69, 9.17) is 0 Å². The first-order valence-corrected chi connectivity index (χ1v) is 10.5. The molecule has 3 heterocycles. The minimum absolute atomic E-state index is 0.429. The van der Waals surface area contributed by atoms with Crippen LogP contribution < -0.4 is 5.32 Å². The van der Waals surface area contributed by atoms with E-state index in [-0.39, 0.29) is 0 Å². The first-order chi connectivity index (χ1) is 11.8. The number of piperazine rings is 1. The predicted octanol–water partition coefficient (Wildman–Crippen LogP) is 2.63. The first-order valence-electron chi connectivity index (χ1n) is 10.5. The maximum Gasteiger partial charge on any atom is 0.222 e. The highest BCUT2D eigenvalue weighted by Crippen LogP contribution is 2.33. The zero-order chi connectivity index (χ0) is 16.4. The fourth-order valence-corrected chi connectivity index (χ4v) is 5.63. The molecule has 136 valence electrons. The van der Waals surface area contributed by atoms with E-state index >= 15 is 0 Å². The van der Waals surface area contributed by atoms with Crippen molar-refractivity contribution >= 4 is 5.91 Å². The van der Waals surface area contributed by atoms with E-state index in [0.717, 1.165) is 38.5 Å². The van der Waals surface area contributed by atoms with Crippen molar-refractivity contribution in [2.45, 2.75) is 76.3 Å². The third-order valence-corrected chi connectivity index (χ3v) is 7.00. The Morgan fingerprint density at radius 1 is 0.833 bits per heavy atom. The number of nitrogens with zero attached hydrogens (tertiary/aromatic N) is 2. The highest BCUT2D eigenvalue weighted by molar-refractivity contribution is 5.76. The van der Waals surface area contributed by atoms with Crippen molar-refractivity contribution in [2.24, 2.45) is 11.8 Å². The molecule has 4 aliphatic rings. The molecule has 4 nitrogen and oxygen atoms in total. The zero-order valence-corrected chi connectivity index (χ0v) is 15.2. The average Bonchev–Trinajstić information content (AvgIpc) is 2.95. The van der Waals surface area contributed by atoms with Crippen molar-refractivity contribution in [3.8, 4) is 0 Å². The highest BCUT2D eigenvalue weighted by atomic mass is 16.2. The van der Waals surface area contributed by atoms with E-state index in [2.05, 4.69) is 15.1 Å². The van der Waals surface area contributed by atoms with E-state index in [0.29, 0.717) is 23.9 Å². The van der Waals surface area contributed by atoms with Gasteiger partial charge in [-0.05, 0) is 50.4 Å². The van der Waals surface area contributed by atoms with Gasteiger partial charge in [-0.15, -0.1) is 0 Å². The Bertz CT molecular complexity index is 415. The smallest absolute Gasteiger partial charge is 0.222 e. The molecule has 3 aliphatic heterocycles. The van der Waals surface area contributed by atoms with Crippen LogP contribution >= 0.6 is 0 Å². The standard InChI is InChI=1S/C20H35N3O/c24-20(14-17-12-18-6-7-19(13-17)21-18)23-10-8-22(9-11-23)15-16-4-2-1-3-5-16/h16-19,21H,1-15H2. The number of carbonyl (C=O) groups excluding carboxylic acids is 1. The minimum Gasteiger partial charge on any atom is -0.340 e. The van der Waals surface area contributed by atoms with Gasteiger partial charge in [0.15, 0.2) is 0 Å². The van der Waals surface area contributed by atoms with Gasteiger partial charge in [0, 0.05) is 51.2 Å². The molecule has 0 aromatic carbocycles. The number of fused-ring (bicyclic) bond motifs is 2. The second-order valence-electron chi connectivity index (χ2n) is 8.86. The lowest BCUT2D eigenvalue weighted by molar-refractivity contribution is -0.134. The Kier molecular flexibility index (Phi) is 5.43. The van der Waals surface area contributed by atoms with Crippen molar-refractivity contribution in [3.05, 3.63) is 0 Å². The van der Waals surface area contributed by atoms with Gasteiger partial charge in [-0.2, -0.15) is 0 Å². The van der Waals surface area contributed by atoms with Gasteiger partial charge in [0.1, 0.15) is 0 Å². The topological polar surface area (TPSA) is 35.6 Å². The summed E-state index contributed by atoms with van der Waals surface area (Å²) in [5, 5.41) is 3.69. The number of nitrogens with one attached hydrogen (secondary N) is 1. The molecule has 1 saturated carbocycles. The van der Waals surface area contributed by atoms with Crippen molar-refractivity contribution in [1.82, 2.24) is 15.1 Å². The summed E-state index contributed by atoms with van der Waals surface area (Å²) in [6.45, 7) is 5.39. The Morgan fingerprint density at radius 3 is 2.17 bits per heavy atom. The Hall–Kier alpha value is -0.610. The van der Waals surface area contributed by atoms with E-state index < -0.39 is 0 Å². The number of hydrogen-bond acceptors (Lipinski definition) is 3. The molecule has 2 unspecified atom stereocenters. The van der Waals surface area contributed by atoms with Gasteiger partial charge in [-0.25, -0.2) is 0 Å². The normalized spacial score (nSPS) is 35.3. The van der Waals surface area contributed by atoms with Crippen LogP contribution in [0.1, 0.15) is 64.2 Å². The summed E-state index contributed by atoms with van der Waals surface area (Å²) in [5.41, 5.74) is 0. The van der Waals surface area contributed by atoms with Gasteiger partial charge in [-0.3, -0.25) is 9.69 Å². The summed E-state index contributed by atoms with van der Waals surface area (Å²) in [6, 6.07) is 1.41. The van der Waals surface area contributed by atoms with E-state index in [9.17, 15) is 4.79 Å². The highest BCUT2D eigenvalue weighted by Gasteiger charge is 2.35. The zero-order valence-electron chi connectivity index (χ0n) is 15.2. The SMILES string of the molecule is O=C(CC1CC2CCC(C1)N2)N1CCN(CC2CCCCC2)CC1. The van der Waals surface area contributed by atoms with Crippen molar-refractivity contribution < 1.29 is 4.79 Å². The molecule has 1 amide bonds. The molecule has 1 aliphatic carbocycles. The first kappa shape index (κ1) is 16.8. The second-order valence-corrected chi connectivity index (χ2v) is 8.86. The summed E-state index contributed by atoms with van der Waals surface area (Å²) in [4.78, 5) is 17.5. The fourth-order valence-electron chi connectivity index (χ4n) is 5.63. The lowest BCUT2D eigenvalue weighted by Crippen LogP contribution is -2.50. The van der Waals surface area contributed by atoms with Gasteiger partial charge in [-0.1, -0.05) is 19.3 Å². The number of hydrogen-bond donors (Lipinski definition) is 1. The second kappa shape index (κ2) is 7.74. The molecular formula is C20H35N3O. The van der Waals surface area contributed by atoms with Gasteiger partial charge in [0.05, 0.1) is 0 Å². The maximum absolute atomic E-state index is 12.7. The summed E-state index contributed by atoms with van der Waals surface area (Å²) in [7, 11) is 0. The molecule has 1 N–H and O–H groups in total. The molecule has 2 atom stereocenters. The summed E-state index contributed by atoms with van der Waals surface area (Å²) >= 11 is 0. The van der Waals surface area contributed by atoms with Crippen LogP contribution in [0.2, 0.25) is 0 Å². The molecule has 0 spiro atoms. The van der Waals surface area contributed by atoms with E-state index in [1.54, 1.807) is 0 Å². The summed E-state index contributed by atoms with van der Waals surface area (Å²) in [6.07, 6.45) is 13.1. The molecule has 3 saturated heterocycles. The third-order valence-electron chi connectivity index (χ3n) is 7.00. The van der Waals surface area contributed by atoms with Gasteiger partial charge >= 0.3 is 0 Å². The van der Waals surface area contributed by atoms with Crippen LogP contribution in [0.4, 0.5) is 0 Å². The maximum atomic E-state index is 12.7. The quantitative estimate of drug-likeness (QED) is 0.859. The van der Waals surface area contributed by atoms with Crippen molar-refractivity contribution in [1.29, 1.82) is 0 Å². The van der Waals surface area contributed by atoms with Crippen LogP contribution in [0, 0.1) is 11.8 Å². The summed E-state index contributed by atoms with van der Waals surface area (Å²) in [5.74, 6) is 1.99. The minimum atomic E-state index is 0.429. The van der Waals surface area contributed by atoms with Crippen LogP contribution in [0.5, 0.6) is 0 Å². The number of carbonyl (C=O) groups is 1. The van der Waals surface area contributed by atoms with Gasteiger partial charge in [0.25, 0.3) is 0 Å². The lowest BCUT2D eigenvalue weighted by Gasteiger charge is -2.38. The van der Waals surface area contributed by atoms with Crippen LogP contribution in [0.15, 0.2) is 0 Å². The van der Waals surface area contributed by atoms with Crippen LogP contribution in [0.25, 0.3) is 0 Å². The number of piperidine rings is 1. The largest absolute Gasteiger partial charge is 0.340 e. The third kappa shape index (κ3) is 4.13. The molecule has 4 fully saturated rings. The van der Waals surface area contributed by atoms with Crippen LogP contribution in [0.3, 0.4) is 0 Å². The van der Waals surface area contributed by atoms with Crippen molar-refractivity contribution in [3.63, 3.8) is 0 Å². The van der Waals surface area contributed by atoms with E-state index in [1.165, 1.54) is 64.3 Å². The van der Waals surface area contributed by atoms with E-state index in [1.807, 2.05) is 0 Å². The summed E-state index contributed by atoms with van der Waals surface area (Å²) < 4.78 is 0. The monoisotopic (exact) mass is 333 g/mol. The molecule has 2 bridgehead atoms. The molecule has 0 aromatic heterocycles. The van der Waals surface area contributed by atoms with Crippen molar-refractivity contribution in [2.75, 3.05) is 32.7 Å². The number of amides is 1. The Labute approximate surface area is 147 Å². The Balaban J connectivity index is 1.18. The molecule has 0 radical (unpaired) electrons. The number of rotatable bonds is 4. The molecule has 24 heavy (non-hydrogen) atoms. The van der Waals surface area contributed by atoms with Crippen LogP contribution in [-0.2, 0) is 4.79 Å². The Morgan fingerprint density at radius 2 is 1.50 bits per heavy atom. The predicted molar refractivity (Wildman–Crippen MR) is 96.9 cm³/mol. The van der Waals surface area contributed by atoms with Gasteiger partial charge < -0.3 is 10.2 Å².